The van der Waals surface area contributed by atoms with Gasteiger partial charge < -0.3 is 4.74 Å². The summed E-state index contributed by atoms with van der Waals surface area (Å²) in [5, 5.41) is 0. The Kier molecular flexibility index (Phi) is 5.54. The van der Waals surface area contributed by atoms with Crippen molar-refractivity contribution in [1.82, 2.24) is 0 Å². The highest BCUT2D eigenvalue weighted by molar-refractivity contribution is 5.73. The highest BCUT2D eigenvalue weighted by Crippen LogP contribution is 2.19. The number of carbonyl (C=O) groups excluding carboxylic acids is 1. The minimum absolute atomic E-state index is 0.259. The van der Waals surface area contributed by atoms with E-state index in [4.69, 9.17) is 4.74 Å². The van der Waals surface area contributed by atoms with Gasteiger partial charge in [0, 0.05) is 6.92 Å². The molecule has 0 saturated heterocycles. The number of rotatable bonds is 5. The number of carbonyl (C=O) groups is 1. The first kappa shape index (κ1) is 16.0. The molecule has 2 rings (SSSR count). The van der Waals surface area contributed by atoms with E-state index in [1.54, 1.807) is 0 Å². The van der Waals surface area contributed by atoms with Crippen molar-refractivity contribution in [3.63, 3.8) is 0 Å². The van der Waals surface area contributed by atoms with Crippen LogP contribution in [0.15, 0.2) is 42.5 Å². The average molecular weight is 294 g/mol. The molecule has 0 aromatic heterocycles. The summed E-state index contributed by atoms with van der Waals surface area (Å²) in [6.45, 7) is 6.06. The molecule has 2 aromatic carbocycles. The zero-order valence-corrected chi connectivity index (χ0v) is 13.4. The van der Waals surface area contributed by atoms with Gasteiger partial charge in [-0.2, -0.15) is 0 Å². The van der Waals surface area contributed by atoms with E-state index in [9.17, 15) is 4.79 Å². The zero-order chi connectivity index (χ0) is 15.9. The Morgan fingerprint density at radius 3 is 2.45 bits per heavy atom. The lowest BCUT2D eigenvalue weighted by atomic mass is 9.98. The van der Waals surface area contributed by atoms with E-state index >= 15 is 0 Å². The summed E-state index contributed by atoms with van der Waals surface area (Å²) >= 11 is 0. The van der Waals surface area contributed by atoms with Crippen molar-refractivity contribution < 1.29 is 9.53 Å². The SMILES string of the molecule is CCc1c(C)cccc1/C=C\c1ccccc1COC(C)=O. The third kappa shape index (κ3) is 4.08. The monoisotopic (exact) mass is 294 g/mol. The lowest BCUT2D eigenvalue weighted by Crippen LogP contribution is -2.00. The number of ether oxygens (including phenoxy) is 1. The van der Waals surface area contributed by atoms with Gasteiger partial charge in [0.1, 0.15) is 6.61 Å². The lowest BCUT2D eigenvalue weighted by Gasteiger charge is -2.08. The van der Waals surface area contributed by atoms with E-state index in [1.165, 1.54) is 23.6 Å². The predicted molar refractivity (Wildman–Crippen MR) is 91.4 cm³/mol. The summed E-state index contributed by atoms with van der Waals surface area (Å²) in [7, 11) is 0. The first-order valence-corrected chi connectivity index (χ1v) is 7.59. The van der Waals surface area contributed by atoms with Gasteiger partial charge in [-0.05, 0) is 41.2 Å². The van der Waals surface area contributed by atoms with Crippen LogP contribution >= 0.6 is 0 Å². The van der Waals surface area contributed by atoms with Crippen molar-refractivity contribution in [1.29, 1.82) is 0 Å². The third-order valence-corrected chi connectivity index (χ3v) is 3.73. The maximum Gasteiger partial charge on any atom is 0.302 e. The molecule has 0 aliphatic carbocycles. The second kappa shape index (κ2) is 7.60. The largest absolute Gasteiger partial charge is 0.461 e. The van der Waals surface area contributed by atoms with Gasteiger partial charge in [0.2, 0.25) is 0 Å². The van der Waals surface area contributed by atoms with Crippen molar-refractivity contribution in [2.24, 2.45) is 0 Å². The minimum Gasteiger partial charge on any atom is -0.461 e. The molecule has 0 amide bonds. The fraction of sp³-hybridized carbons (Fsp3) is 0.250. The number of aryl methyl sites for hydroxylation is 1. The Morgan fingerprint density at radius 2 is 1.73 bits per heavy atom. The van der Waals surface area contributed by atoms with Gasteiger partial charge >= 0.3 is 5.97 Å². The molecular formula is C20H22O2. The Labute approximate surface area is 132 Å². The molecule has 2 heteroatoms. The number of benzene rings is 2. The second-order valence-electron chi connectivity index (χ2n) is 5.31. The van der Waals surface area contributed by atoms with Gasteiger partial charge in [-0.25, -0.2) is 0 Å². The van der Waals surface area contributed by atoms with Gasteiger partial charge in [-0.1, -0.05) is 61.5 Å². The summed E-state index contributed by atoms with van der Waals surface area (Å²) in [5.41, 5.74) is 6.02. The highest BCUT2D eigenvalue weighted by Gasteiger charge is 2.03. The molecule has 0 aliphatic rings. The van der Waals surface area contributed by atoms with Crippen LogP contribution in [0.25, 0.3) is 12.2 Å². The predicted octanol–water partition coefficient (Wildman–Crippen LogP) is 4.79. The second-order valence-corrected chi connectivity index (χ2v) is 5.31. The molecule has 0 atom stereocenters. The Morgan fingerprint density at radius 1 is 1.05 bits per heavy atom. The van der Waals surface area contributed by atoms with E-state index in [2.05, 4.69) is 44.2 Å². The lowest BCUT2D eigenvalue weighted by molar-refractivity contribution is -0.142. The van der Waals surface area contributed by atoms with Crippen molar-refractivity contribution in [2.75, 3.05) is 0 Å². The molecule has 0 fully saturated rings. The van der Waals surface area contributed by atoms with Crippen LogP contribution < -0.4 is 0 Å². The fourth-order valence-electron chi connectivity index (χ4n) is 2.55. The molecule has 0 unspecified atom stereocenters. The maximum atomic E-state index is 11.0. The van der Waals surface area contributed by atoms with Gasteiger partial charge in [-0.15, -0.1) is 0 Å². The average Bonchev–Trinajstić information content (AvgIpc) is 2.51. The summed E-state index contributed by atoms with van der Waals surface area (Å²) < 4.78 is 5.11. The van der Waals surface area contributed by atoms with Gasteiger partial charge in [-0.3, -0.25) is 4.79 Å². The standard InChI is InChI=1S/C20H22O2/c1-4-20-15(2)8-7-11-18(20)13-12-17-9-5-6-10-19(17)14-22-16(3)21/h5-13H,4,14H2,1-3H3/b13-12-. The van der Waals surface area contributed by atoms with Crippen LogP contribution in [0, 0.1) is 6.92 Å². The molecule has 0 heterocycles. The van der Waals surface area contributed by atoms with E-state index in [-0.39, 0.29) is 5.97 Å². The molecule has 114 valence electrons. The van der Waals surface area contributed by atoms with Crippen LogP contribution in [-0.2, 0) is 22.6 Å². The van der Waals surface area contributed by atoms with E-state index < -0.39 is 0 Å². The fourth-order valence-corrected chi connectivity index (χ4v) is 2.55. The first-order chi connectivity index (χ1) is 10.6. The quantitative estimate of drug-likeness (QED) is 0.585. The molecule has 2 nitrogen and oxygen atoms in total. The van der Waals surface area contributed by atoms with Crippen LogP contribution in [-0.4, -0.2) is 5.97 Å². The Bertz CT molecular complexity index is 684. The third-order valence-electron chi connectivity index (χ3n) is 3.73. The van der Waals surface area contributed by atoms with Crippen molar-refractivity contribution in [2.45, 2.75) is 33.8 Å². The summed E-state index contributed by atoms with van der Waals surface area (Å²) in [5.74, 6) is -0.259. The Hall–Kier alpha value is -2.35. The van der Waals surface area contributed by atoms with Crippen LogP contribution in [0.3, 0.4) is 0 Å². The number of hydrogen-bond acceptors (Lipinski definition) is 2. The molecular weight excluding hydrogens is 272 g/mol. The van der Waals surface area contributed by atoms with E-state index in [1.807, 2.05) is 24.3 Å². The van der Waals surface area contributed by atoms with Crippen molar-refractivity contribution >= 4 is 18.1 Å². The summed E-state index contributed by atoms with van der Waals surface area (Å²) in [6.07, 6.45) is 5.24. The van der Waals surface area contributed by atoms with Gasteiger partial charge in [0.25, 0.3) is 0 Å². The van der Waals surface area contributed by atoms with E-state index in [0.717, 1.165) is 17.5 Å². The topological polar surface area (TPSA) is 26.3 Å². The Balaban J connectivity index is 2.27. The van der Waals surface area contributed by atoms with Crippen molar-refractivity contribution in [3.8, 4) is 0 Å². The smallest absolute Gasteiger partial charge is 0.302 e. The minimum atomic E-state index is -0.259. The highest BCUT2D eigenvalue weighted by atomic mass is 16.5. The maximum absolute atomic E-state index is 11.0. The summed E-state index contributed by atoms with van der Waals surface area (Å²) in [6, 6.07) is 14.3. The molecule has 0 spiro atoms. The van der Waals surface area contributed by atoms with Gasteiger partial charge in [0.05, 0.1) is 0 Å². The molecule has 0 N–H and O–H groups in total. The molecule has 0 radical (unpaired) electrons. The normalized spacial score (nSPS) is 10.9. The number of hydrogen-bond donors (Lipinski definition) is 0. The van der Waals surface area contributed by atoms with Crippen LogP contribution in [0.1, 0.15) is 41.7 Å². The first-order valence-electron chi connectivity index (χ1n) is 7.59. The van der Waals surface area contributed by atoms with E-state index in [0.29, 0.717) is 6.61 Å². The molecule has 0 bridgehead atoms. The molecule has 0 aliphatic heterocycles. The van der Waals surface area contributed by atoms with Crippen molar-refractivity contribution in [3.05, 3.63) is 70.3 Å². The molecule has 0 saturated carbocycles. The zero-order valence-electron chi connectivity index (χ0n) is 13.4. The van der Waals surface area contributed by atoms with Gasteiger partial charge in [0.15, 0.2) is 0 Å². The van der Waals surface area contributed by atoms with Crippen LogP contribution in [0.2, 0.25) is 0 Å². The molecule has 22 heavy (non-hydrogen) atoms. The molecule has 2 aromatic rings. The van der Waals surface area contributed by atoms with Crippen LogP contribution in [0.5, 0.6) is 0 Å². The van der Waals surface area contributed by atoms with Crippen LogP contribution in [0.4, 0.5) is 0 Å². The number of esters is 1. The summed E-state index contributed by atoms with van der Waals surface area (Å²) in [4.78, 5) is 11.0.